The second-order valence-corrected chi connectivity index (χ2v) is 30.6. The smallest absolute Gasteiger partial charge is 0.258 e. The zero-order valence-corrected chi connectivity index (χ0v) is 68.2. The first-order valence-corrected chi connectivity index (χ1v) is 38.8. The molecule has 4 N–H and O–H groups in total. The highest BCUT2D eigenvalue weighted by atomic mass is 35.5. The van der Waals surface area contributed by atoms with Gasteiger partial charge in [-0.05, 0) is 236 Å². The molecule has 0 aliphatic carbocycles. The summed E-state index contributed by atoms with van der Waals surface area (Å²) in [4.78, 5) is 83.9. The van der Waals surface area contributed by atoms with E-state index in [-0.39, 0.29) is 23.6 Å². The molecular weight excluding hydrogens is 1520 g/mol. The molecule has 1 aliphatic heterocycles. The predicted molar refractivity (Wildman–Crippen MR) is 453 cm³/mol. The van der Waals surface area contributed by atoms with Crippen LogP contribution in [0.25, 0.3) is 44.1 Å². The maximum absolute atomic E-state index is 12.8. The fourth-order valence-electron chi connectivity index (χ4n) is 13.2. The molecule has 9 aromatic heterocycles. The molecule has 4 amide bonds. The minimum atomic E-state index is -0.329. The Hall–Kier alpha value is -9.78. The molecule has 0 unspecified atom stereocenters. The molecule has 4 aromatic carbocycles. The van der Waals surface area contributed by atoms with Crippen molar-refractivity contribution in [2.24, 2.45) is 0 Å². The molecule has 0 atom stereocenters. The van der Waals surface area contributed by atoms with Crippen LogP contribution in [0.3, 0.4) is 0 Å². The van der Waals surface area contributed by atoms with Crippen LogP contribution in [0.4, 0.5) is 22.7 Å². The molecule has 1 fully saturated rings. The number of amides is 4. The standard InChI is InChI=1S/C23H27ClN4O.C21H25ClN4O.C20H15Cl2N5O.C20H22Cl2N4O/c1-16-6-8-18(9-7-16)26-23(29)19-14-25-22-20(21(19)24)17(2)15-28(22)13-5-12-27-10-3-4-11-27;1-14-6-8-16(9-7-14)24-21(27)17-12-23-20-18(19(17)22)15(2)13-26(20)11-5-10-25(3)4;1-12-9-27(10-15-6-7-23-11-25-15)19-17(12)18(22)16(8-24-19)20(28)26-14-4-2-13(21)3-5-14;1-13-12-26(10-4-9-25(2)3)19-17(13)18(22)16(11-23-19)20(27)24-15-7-5-14(21)6-8-15/h6-9,14-15H,3-5,10-13H2,1-2H3,(H,26,29);6-9,12-13H,5,10-11H2,1-4H3,(H,24,27);2-9,11H,10H2,1H3,(H,26,28);5-8,11-12H,4,9-10H2,1-3H3,(H,24,27). The number of benzene rings is 4. The predicted octanol–water partition coefficient (Wildman–Crippen LogP) is 19.2. The normalized spacial score (nSPS) is 12.1. The van der Waals surface area contributed by atoms with Gasteiger partial charge in [-0.1, -0.05) is 105 Å². The Kier molecular flexibility index (Phi) is 28.1. The number of likely N-dealkylation sites (tertiary alicyclic amines) is 1. The molecule has 21 nitrogen and oxygen atoms in total. The highest BCUT2D eigenvalue weighted by Crippen LogP contribution is 2.36. The van der Waals surface area contributed by atoms with Crippen LogP contribution >= 0.6 is 69.6 Å². The molecule has 576 valence electrons. The van der Waals surface area contributed by atoms with Gasteiger partial charge >= 0.3 is 0 Å². The van der Waals surface area contributed by atoms with E-state index in [0.717, 1.165) is 147 Å². The van der Waals surface area contributed by atoms with Crippen molar-refractivity contribution in [3.8, 4) is 0 Å². The largest absolute Gasteiger partial charge is 0.332 e. The minimum absolute atomic E-state index is 0.241. The summed E-state index contributed by atoms with van der Waals surface area (Å²) in [6.45, 7) is 20.7. The Morgan fingerprint density at radius 3 is 1.01 bits per heavy atom. The van der Waals surface area contributed by atoms with Gasteiger partial charge in [-0.3, -0.25) is 19.2 Å². The van der Waals surface area contributed by atoms with Crippen LogP contribution < -0.4 is 21.3 Å². The number of halogens is 6. The molecule has 0 spiro atoms. The molecule has 13 aromatic rings. The molecule has 111 heavy (non-hydrogen) atoms. The van der Waals surface area contributed by atoms with Crippen molar-refractivity contribution in [3.05, 3.63) is 257 Å². The number of rotatable bonds is 22. The molecule has 1 saturated heterocycles. The first-order valence-electron chi connectivity index (χ1n) is 36.5. The highest BCUT2D eigenvalue weighted by Gasteiger charge is 2.24. The lowest BCUT2D eigenvalue weighted by Gasteiger charge is -2.14. The highest BCUT2D eigenvalue weighted by molar-refractivity contribution is 6.41. The van der Waals surface area contributed by atoms with E-state index in [4.69, 9.17) is 69.6 Å². The Balaban J connectivity index is 0.000000147. The van der Waals surface area contributed by atoms with Gasteiger partial charge in [0.05, 0.1) is 54.6 Å². The van der Waals surface area contributed by atoms with E-state index >= 15 is 0 Å². The van der Waals surface area contributed by atoms with Crippen LogP contribution in [0.5, 0.6) is 0 Å². The van der Waals surface area contributed by atoms with Crippen molar-refractivity contribution >= 4 is 160 Å². The van der Waals surface area contributed by atoms with Gasteiger partial charge in [0, 0.05) is 130 Å². The third-order valence-corrected chi connectivity index (χ3v) is 21.0. The van der Waals surface area contributed by atoms with E-state index in [9.17, 15) is 19.2 Å². The number of nitrogens with one attached hydrogen (secondary N) is 4. The molecule has 0 saturated carbocycles. The Morgan fingerprint density at radius 2 is 0.694 bits per heavy atom. The number of nitrogens with zero attached hydrogens (tertiary/aromatic N) is 13. The van der Waals surface area contributed by atoms with E-state index < -0.39 is 0 Å². The summed E-state index contributed by atoms with van der Waals surface area (Å²) in [6.07, 6.45) is 23.3. The van der Waals surface area contributed by atoms with Crippen LogP contribution in [0.15, 0.2) is 165 Å². The minimum Gasteiger partial charge on any atom is -0.332 e. The van der Waals surface area contributed by atoms with Gasteiger partial charge in [0.2, 0.25) is 0 Å². The van der Waals surface area contributed by atoms with Crippen molar-refractivity contribution in [2.45, 2.75) is 99.8 Å². The maximum Gasteiger partial charge on any atom is 0.258 e. The molecule has 1 aliphatic rings. The summed E-state index contributed by atoms with van der Waals surface area (Å²) in [6, 6.07) is 31.0. The lowest BCUT2D eigenvalue weighted by molar-refractivity contribution is 0.101. The second kappa shape index (κ2) is 38.0. The number of anilines is 4. The van der Waals surface area contributed by atoms with Gasteiger partial charge in [0.15, 0.2) is 0 Å². The first-order chi connectivity index (χ1) is 53.3. The summed E-state index contributed by atoms with van der Waals surface area (Å²) in [5.74, 6) is -1.12. The molecule has 14 rings (SSSR count). The number of carbonyl (C=O) groups is 4. The number of fused-ring (bicyclic) bond motifs is 4. The van der Waals surface area contributed by atoms with Gasteiger partial charge < -0.3 is 54.2 Å². The number of hydrogen-bond donors (Lipinski definition) is 4. The maximum atomic E-state index is 12.8. The number of pyridine rings is 4. The lowest BCUT2D eigenvalue weighted by Crippen LogP contribution is -2.21. The fraction of sp³-hybridized carbons (Fsp3) is 0.286. The summed E-state index contributed by atoms with van der Waals surface area (Å²) in [7, 11) is 8.24. The van der Waals surface area contributed by atoms with Gasteiger partial charge in [0.25, 0.3) is 23.6 Å². The Morgan fingerprint density at radius 1 is 0.387 bits per heavy atom. The average Bonchev–Trinajstić information content (AvgIpc) is 1.66. The number of aryl methyl sites for hydroxylation is 9. The summed E-state index contributed by atoms with van der Waals surface area (Å²) < 4.78 is 8.33. The van der Waals surface area contributed by atoms with Crippen molar-refractivity contribution < 1.29 is 19.2 Å². The Labute approximate surface area is 676 Å². The van der Waals surface area contributed by atoms with Gasteiger partial charge in [-0.15, -0.1) is 0 Å². The monoisotopic (exact) mass is 1610 g/mol. The van der Waals surface area contributed by atoms with E-state index in [1.807, 2.05) is 113 Å². The topological polar surface area (TPSA) is 223 Å². The number of carbonyl (C=O) groups excluding carboxylic acids is 4. The van der Waals surface area contributed by atoms with Crippen LogP contribution in [-0.4, -0.2) is 147 Å². The van der Waals surface area contributed by atoms with Crippen LogP contribution in [-0.2, 0) is 26.2 Å². The van der Waals surface area contributed by atoms with Gasteiger partial charge in [0.1, 0.15) is 28.9 Å². The molecule has 27 heteroatoms. The SMILES string of the molecule is Cc1ccc(NC(=O)c2cnc3c(c(C)cn3CCCN(C)C)c2Cl)cc1.Cc1ccc(NC(=O)c2cnc3c(c(C)cn3CCCN3CCCC3)c2Cl)cc1.Cc1cn(CCCN(C)C)c2ncc(C(=O)Nc3ccc(Cl)cc3)c(Cl)c12.Cc1cn(Cc2ccncn2)c2ncc(C(=O)Nc3ccc(Cl)cc3)c(Cl)c12. The van der Waals surface area contributed by atoms with Crippen molar-refractivity contribution in [1.82, 2.24) is 62.9 Å². The number of hydrogen-bond acceptors (Lipinski definition) is 13. The second-order valence-electron chi connectivity index (χ2n) is 28.2. The van der Waals surface area contributed by atoms with Gasteiger partial charge in [-0.25, -0.2) is 29.9 Å². The summed E-state index contributed by atoms with van der Waals surface area (Å²) in [5.41, 5.74) is 14.5. The van der Waals surface area contributed by atoms with Crippen molar-refractivity contribution in [2.75, 3.05) is 82.2 Å². The van der Waals surface area contributed by atoms with E-state index in [1.54, 1.807) is 67.1 Å². The van der Waals surface area contributed by atoms with Crippen molar-refractivity contribution in [1.29, 1.82) is 0 Å². The van der Waals surface area contributed by atoms with Crippen LogP contribution in [0, 0.1) is 41.5 Å². The summed E-state index contributed by atoms with van der Waals surface area (Å²) >= 11 is 38.2. The average molecular weight is 1610 g/mol. The number of aromatic nitrogens is 10. The molecule has 0 radical (unpaired) electrons. The molecular formula is C84H89Cl6N17O4. The molecule has 0 bridgehead atoms. The van der Waals surface area contributed by atoms with E-state index in [2.05, 4.69) is 120 Å². The zero-order chi connectivity index (χ0) is 79.2. The van der Waals surface area contributed by atoms with Crippen LogP contribution in [0.1, 0.15) is 113 Å². The first kappa shape index (κ1) is 82.2. The zero-order valence-electron chi connectivity index (χ0n) is 63.7. The van der Waals surface area contributed by atoms with E-state index in [0.29, 0.717) is 76.0 Å². The fourth-order valence-corrected chi connectivity index (χ4v) is 14.9. The van der Waals surface area contributed by atoms with Crippen LogP contribution in [0.2, 0.25) is 30.1 Å². The quantitative estimate of drug-likeness (QED) is 0.0496. The summed E-state index contributed by atoms with van der Waals surface area (Å²) in [5, 5.41) is 17.6. The lowest BCUT2D eigenvalue weighted by atomic mass is 10.1. The Bertz CT molecular complexity index is 5290. The van der Waals surface area contributed by atoms with Crippen molar-refractivity contribution in [3.63, 3.8) is 0 Å². The third-order valence-electron chi connectivity index (χ3n) is 18.9. The third kappa shape index (κ3) is 20.9. The molecule has 10 heterocycles. The van der Waals surface area contributed by atoms with E-state index in [1.165, 1.54) is 44.7 Å². The van der Waals surface area contributed by atoms with Gasteiger partial charge in [-0.2, -0.15) is 0 Å².